The first-order valence-electron chi connectivity index (χ1n) is 7.95. The highest BCUT2D eigenvalue weighted by Crippen LogP contribution is 2.20. The standard InChI is InChI=1S/C18H23N3OS/c1-19(2)14-15-5-3-6-16(13-15)20-8-10-21(11-9-20)18(22)17-7-4-12-23-17/h3-7,12-13H,8-11,14H2,1-2H3. The number of benzene rings is 1. The average molecular weight is 329 g/mol. The number of carbonyl (C=O) groups excluding carboxylic acids is 1. The van der Waals surface area contributed by atoms with Crippen molar-refractivity contribution in [2.24, 2.45) is 0 Å². The Labute approximate surface area is 141 Å². The lowest BCUT2D eigenvalue weighted by molar-refractivity contribution is 0.0751. The summed E-state index contributed by atoms with van der Waals surface area (Å²) in [6.45, 7) is 4.30. The third-order valence-corrected chi connectivity index (χ3v) is 4.93. The zero-order valence-electron chi connectivity index (χ0n) is 13.7. The van der Waals surface area contributed by atoms with Crippen molar-refractivity contribution < 1.29 is 4.79 Å². The fourth-order valence-electron chi connectivity index (χ4n) is 2.94. The van der Waals surface area contributed by atoms with Gasteiger partial charge in [-0.2, -0.15) is 0 Å². The number of thiophene rings is 1. The molecular formula is C18H23N3OS. The van der Waals surface area contributed by atoms with Crippen LogP contribution in [0.25, 0.3) is 0 Å². The van der Waals surface area contributed by atoms with Crippen LogP contribution in [0.15, 0.2) is 41.8 Å². The summed E-state index contributed by atoms with van der Waals surface area (Å²) in [6, 6.07) is 12.6. The molecule has 1 aromatic heterocycles. The lowest BCUT2D eigenvalue weighted by atomic mass is 10.1. The van der Waals surface area contributed by atoms with E-state index in [1.807, 2.05) is 22.4 Å². The van der Waals surface area contributed by atoms with Crippen molar-refractivity contribution in [2.75, 3.05) is 45.2 Å². The summed E-state index contributed by atoms with van der Waals surface area (Å²) in [5.74, 6) is 0.168. The Kier molecular flexibility index (Phi) is 4.98. The largest absolute Gasteiger partial charge is 0.368 e. The van der Waals surface area contributed by atoms with Gasteiger partial charge in [-0.3, -0.25) is 4.79 Å². The topological polar surface area (TPSA) is 26.8 Å². The van der Waals surface area contributed by atoms with Gasteiger partial charge in [0.1, 0.15) is 0 Å². The molecule has 1 aliphatic heterocycles. The molecule has 4 nitrogen and oxygen atoms in total. The second-order valence-corrected chi connectivity index (χ2v) is 7.11. The molecule has 1 aromatic carbocycles. The van der Waals surface area contributed by atoms with Gasteiger partial charge < -0.3 is 14.7 Å². The summed E-state index contributed by atoms with van der Waals surface area (Å²) >= 11 is 1.52. The number of carbonyl (C=O) groups is 1. The van der Waals surface area contributed by atoms with Gasteiger partial charge in [-0.15, -0.1) is 11.3 Å². The monoisotopic (exact) mass is 329 g/mol. The Balaban J connectivity index is 1.61. The van der Waals surface area contributed by atoms with Crippen LogP contribution in [0.2, 0.25) is 0 Å². The summed E-state index contributed by atoms with van der Waals surface area (Å²) in [4.78, 5) is 19.7. The zero-order chi connectivity index (χ0) is 16.2. The molecule has 1 saturated heterocycles. The lowest BCUT2D eigenvalue weighted by Crippen LogP contribution is -2.48. The van der Waals surface area contributed by atoms with E-state index in [0.717, 1.165) is 37.6 Å². The summed E-state index contributed by atoms with van der Waals surface area (Å²) in [5.41, 5.74) is 2.58. The molecule has 2 heterocycles. The van der Waals surface area contributed by atoms with Crippen LogP contribution in [-0.2, 0) is 6.54 Å². The number of piperazine rings is 1. The van der Waals surface area contributed by atoms with E-state index in [0.29, 0.717) is 0 Å². The molecule has 0 N–H and O–H groups in total. The van der Waals surface area contributed by atoms with Gasteiger partial charge in [0.15, 0.2) is 0 Å². The summed E-state index contributed by atoms with van der Waals surface area (Å²) in [5, 5.41) is 1.96. The van der Waals surface area contributed by atoms with E-state index in [-0.39, 0.29) is 5.91 Å². The molecule has 1 fully saturated rings. The van der Waals surface area contributed by atoms with Gasteiger partial charge in [0, 0.05) is 38.4 Å². The van der Waals surface area contributed by atoms with Crippen LogP contribution in [-0.4, -0.2) is 56.0 Å². The first-order valence-corrected chi connectivity index (χ1v) is 8.83. The molecule has 1 aliphatic rings. The normalized spacial score (nSPS) is 15.3. The van der Waals surface area contributed by atoms with E-state index in [1.54, 1.807) is 0 Å². The molecule has 1 amide bonds. The van der Waals surface area contributed by atoms with Crippen LogP contribution in [0.5, 0.6) is 0 Å². The van der Waals surface area contributed by atoms with Crippen molar-refractivity contribution in [1.29, 1.82) is 0 Å². The Morgan fingerprint density at radius 1 is 1.13 bits per heavy atom. The van der Waals surface area contributed by atoms with Crippen molar-refractivity contribution in [3.05, 3.63) is 52.2 Å². The second kappa shape index (κ2) is 7.15. The molecule has 0 aliphatic carbocycles. The maximum atomic E-state index is 12.4. The van der Waals surface area contributed by atoms with E-state index in [4.69, 9.17) is 0 Å². The number of hydrogen-bond acceptors (Lipinski definition) is 4. The number of amides is 1. The molecule has 0 atom stereocenters. The van der Waals surface area contributed by atoms with Crippen molar-refractivity contribution in [3.63, 3.8) is 0 Å². The molecular weight excluding hydrogens is 306 g/mol. The van der Waals surface area contributed by atoms with E-state index in [2.05, 4.69) is 48.2 Å². The maximum Gasteiger partial charge on any atom is 0.264 e. The van der Waals surface area contributed by atoms with Crippen molar-refractivity contribution in [3.8, 4) is 0 Å². The minimum absolute atomic E-state index is 0.168. The van der Waals surface area contributed by atoms with Crippen molar-refractivity contribution in [1.82, 2.24) is 9.80 Å². The molecule has 2 aromatic rings. The number of hydrogen-bond donors (Lipinski definition) is 0. The van der Waals surface area contributed by atoms with Gasteiger partial charge in [-0.05, 0) is 43.2 Å². The number of nitrogens with zero attached hydrogens (tertiary/aromatic N) is 3. The minimum atomic E-state index is 0.168. The smallest absolute Gasteiger partial charge is 0.264 e. The highest BCUT2D eigenvalue weighted by molar-refractivity contribution is 7.12. The lowest BCUT2D eigenvalue weighted by Gasteiger charge is -2.36. The molecule has 0 radical (unpaired) electrons. The van der Waals surface area contributed by atoms with E-state index in [1.165, 1.54) is 22.6 Å². The number of anilines is 1. The first-order chi connectivity index (χ1) is 11.1. The summed E-state index contributed by atoms with van der Waals surface area (Å²) in [6.07, 6.45) is 0. The average Bonchev–Trinajstić information content (AvgIpc) is 3.08. The zero-order valence-corrected chi connectivity index (χ0v) is 14.6. The van der Waals surface area contributed by atoms with Crippen LogP contribution in [0, 0.1) is 0 Å². The maximum absolute atomic E-state index is 12.4. The predicted octanol–water partition coefficient (Wildman–Crippen LogP) is 2.77. The third-order valence-electron chi connectivity index (χ3n) is 4.07. The van der Waals surface area contributed by atoms with Crippen LogP contribution in [0.4, 0.5) is 5.69 Å². The van der Waals surface area contributed by atoms with Gasteiger partial charge in [0.05, 0.1) is 4.88 Å². The first kappa shape index (κ1) is 16.0. The third kappa shape index (κ3) is 3.92. The van der Waals surface area contributed by atoms with E-state index >= 15 is 0 Å². The highest BCUT2D eigenvalue weighted by atomic mass is 32.1. The van der Waals surface area contributed by atoms with Gasteiger partial charge in [-0.25, -0.2) is 0 Å². The molecule has 3 rings (SSSR count). The van der Waals surface area contributed by atoms with Crippen LogP contribution in [0.3, 0.4) is 0 Å². The van der Waals surface area contributed by atoms with E-state index < -0.39 is 0 Å². The Morgan fingerprint density at radius 3 is 2.57 bits per heavy atom. The minimum Gasteiger partial charge on any atom is -0.368 e. The molecule has 122 valence electrons. The highest BCUT2D eigenvalue weighted by Gasteiger charge is 2.22. The molecule has 5 heteroatoms. The Hall–Kier alpha value is -1.85. The predicted molar refractivity (Wildman–Crippen MR) is 96.3 cm³/mol. The quantitative estimate of drug-likeness (QED) is 0.863. The molecule has 0 unspecified atom stereocenters. The molecule has 0 saturated carbocycles. The van der Waals surface area contributed by atoms with Crippen LogP contribution < -0.4 is 4.90 Å². The van der Waals surface area contributed by atoms with Gasteiger partial charge in [-0.1, -0.05) is 18.2 Å². The van der Waals surface area contributed by atoms with Crippen LogP contribution >= 0.6 is 11.3 Å². The Bertz CT molecular complexity index is 646. The molecule has 0 spiro atoms. The van der Waals surface area contributed by atoms with Gasteiger partial charge >= 0.3 is 0 Å². The Morgan fingerprint density at radius 2 is 1.91 bits per heavy atom. The fraction of sp³-hybridized carbons (Fsp3) is 0.389. The fourth-order valence-corrected chi connectivity index (χ4v) is 3.63. The summed E-state index contributed by atoms with van der Waals surface area (Å²) in [7, 11) is 4.17. The van der Waals surface area contributed by atoms with Gasteiger partial charge in [0.25, 0.3) is 5.91 Å². The number of rotatable bonds is 4. The van der Waals surface area contributed by atoms with Crippen molar-refractivity contribution >= 4 is 22.9 Å². The van der Waals surface area contributed by atoms with E-state index in [9.17, 15) is 4.79 Å². The molecule has 23 heavy (non-hydrogen) atoms. The van der Waals surface area contributed by atoms with Gasteiger partial charge in [0.2, 0.25) is 0 Å². The van der Waals surface area contributed by atoms with Crippen LogP contribution in [0.1, 0.15) is 15.2 Å². The van der Waals surface area contributed by atoms with Crippen molar-refractivity contribution in [2.45, 2.75) is 6.54 Å². The summed E-state index contributed by atoms with van der Waals surface area (Å²) < 4.78 is 0. The SMILES string of the molecule is CN(C)Cc1cccc(N2CCN(C(=O)c3cccs3)CC2)c1. The molecule has 0 bridgehead atoms. The second-order valence-electron chi connectivity index (χ2n) is 6.16.